The minimum atomic E-state index is -0.776. The Morgan fingerprint density at radius 2 is 1.49 bits per heavy atom. The molecule has 0 radical (unpaired) electrons. The van der Waals surface area contributed by atoms with E-state index in [-0.39, 0.29) is 29.6 Å². The van der Waals surface area contributed by atoms with Crippen LogP contribution in [0.3, 0.4) is 0 Å². The van der Waals surface area contributed by atoms with Crippen LogP contribution in [0.2, 0.25) is 0 Å². The number of amides is 1. The number of esters is 4. The number of ether oxygens (including phenoxy) is 4. The fraction of sp³-hybridized carbons (Fsp3) is 0.231. The maximum atomic E-state index is 12.5. The van der Waals surface area contributed by atoms with Gasteiger partial charge < -0.3 is 23.8 Å². The van der Waals surface area contributed by atoms with Crippen molar-refractivity contribution in [1.82, 2.24) is 4.90 Å². The van der Waals surface area contributed by atoms with Crippen molar-refractivity contribution in [3.8, 4) is 17.2 Å². The summed E-state index contributed by atoms with van der Waals surface area (Å²) in [6.07, 6.45) is 1.24. The average Bonchev–Trinajstić information content (AvgIpc) is 3.15. The molecule has 0 unspecified atom stereocenters. The fourth-order valence-electron chi connectivity index (χ4n) is 3.24. The van der Waals surface area contributed by atoms with Crippen LogP contribution in [0, 0.1) is 6.92 Å². The van der Waals surface area contributed by atoms with E-state index in [0.29, 0.717) is 22.4 Å². The summed E-state index contributed by atoms with van der Waals surface area (Å²) in [5, 5.41) is 0. The van der Waals surface area contributed by atoms with Crippen LogP contribution in [-0.4, -0.2) is 40.6 Å². The van der Waals surface area contributed by atoms with Crippen molar-refractivity contribution in [3.05, 3.63) is 65.0 Å². The zero-order valence-corrected chi connectivity index (χ0v) is 20.8. The lowest BCUT2D eigenvalue weighted by molar-refractivity contribution is -0.134. The number of hydrogen-bond acceptors (Lipinski definition) is 10. The highest BCUT2D eigenvalue weighted by Gasteiger charge is 2.26. The number of cyclic esters (lactones) is 1. The third-order valence-electron chi connectivity index (χ3n) is 4.86. The van der Waals surface area contributed by atoms with Crippen LogP contribution in [0.5, 0.6) is 17.2 Å². The van der Waals surface area contributed by atoms with Crippen molar-refractivity contribution in [2.45, 2.75) is 41.2 Å². The van der Waals surface area contributed by atoms with Crippen LogP contribution in [0.4, 0.5) is 0 Å². The first-order chi connectivity index (χ1) is 17.4. The Kier molecular flexibility index (Phi) is 8.18. The summed E-state index contributed by atoms with van der Waals surface area (Å²) in [6, 6.07) is 9.31. The topological polar surface area (TPSA) is 138 Å². The highest BCUT2D eigenvalue weighted by atomic mass is 16.6. The van der Waals surface area contributed by atoms with E-state index in [1.165, 1.54) is 57.0 Å². The Bertz CT molecular complexity index is 1360. The van der Waals surface area contributed by atoms with Gasteiger partial charge in [0.1, 0.15) is 5.75 Å². The zero-order valence-electron chi connectivity index (χ0n) is 20.8. The summed E-state index contributed by atoms with van der Waals surface area (Å²) < 4.78 is 20.6. The number of benzene rings is 2. The van der Waals surface area contributed by atoms with Crippen LogP contribution < -0.4 is 14.2 Å². The van der Waals surface area contributed by atoms with Gasteiger partial charge in [-0.1, -0.05) is 12.1 Å². The largest absolute Gasteiger partial charge is 0.426 e. The molecule has 37 heavy (non-hydrogen) atoms. The molecule has 3 rings (SSSR count). The van der Waals surface area contributed by atoms with Gasteiger partial charge >= 0.3 is 23.9 Å². The van der Waals surface area contributed by atoms with Gasteiger partial charge in [0, 0.05) is 39.5 Å². The van der Waals surface area contributed by atoms with Gasteiger partial charge in [-0.05, 0) is 42.3 Å². The van der Waals surface area contributed by atoms with Crippen molar-refractivity contribution < 1.29 is 42.9 Å². The molecule has 0 N–H and O–H groups in total. The number of hydrogen-bond donors (Lipinski definition) is 0. The standard InChI is InChI=1S/C26H24N2O9/c1-14-6-8-20(11-23(14)35-17(4)31)25-27-21(26(33)37-25)13-28(15(2)29)12-19-7-9-22(34-16(3)30)24(10-19)36-18(5)32/h6-11,13H,12H2,1-5H3/b21-13+. The van der Waals surface area contributed by atoms with Crippen molar-refractivity contribution in [1.29, 1.82) is 0 Å². The monoisotopic (exact) mass is 508 g/mol. The smallest absolute Gasteiger partial charge is 0.365 e. The first-order valence-corrected chi connectivity index (χ1v) is 11.0. The molecule has 0 saturated carbocycles. The Morgan fingerprint density at radius 3 is 2.11 bits per heavy atom. The maximum Gasteiger partial charge on any atom is 0.365 e. The van der Waals surface area contributed by atoms with Gasteiger partial charge in [0.25, 0.3) is 0 Å². The van der Waals surface area contributed by atoms with Gasteiger partial charge in [-0.15, -0.1) is 0 Å². The molecule has 0 aromatic heterocycles. The molecule has 192 valence electrons. The molecule has 1 aliphatic heterocycles. The molecule has 11 heteroatoms. The number of carbonyl (C=O) groups is 5. The van der Waals surface area contributed by atoms with E-state index in [0.717, 1.165) is 0 Å². The lowest BCUT2D eigenvalue weighted by Gasteiger charge is -2.18. The molecule has 0 aliphatic carbocycles. The summed E-state index contributed by atoms with van der Waals surface area (Å²) in [5.41, 5.74) is 1.49. The number of aliphatic imine (C=N–C) groups is 1. The molecule has 0 fully saturated rings. The van der Waals surface area contributed by atoms with Crippen LogP contribution in [-0.2, 0) is 35.3 Å². The summed E-state index contributed by atoms with van der Waals surface area (Å²) in [6.45, 7) is 6.71. The summed E-state index contributed by atoms with van der Waals surface area (Å²) in [4.78, 5) is 64.4. The van der Waals surface area contributed by atoms with E-state index in [4.69, 9.17) is 18.9 Å². The van der Waals surface area contributed by atoms with Crippen molar-refractivity contribution in [3.63, 3.8) is 0 Å². The summed E-state index contributed by atoms with van der Waals surface area (Å²) >= 11 is 0. The van der Waals surface area contributed by atoms with Crippen LogP contribution >= 0.6 is 0 Å². The second kappa shape index (κ2) is 11.3. The van der Waals surface area contributed by atoms with E-state index >= 15 is 0 Å². The van der Waals surface area contributed by atoms with Gasteiger partial charge in [-0.25, -0.2) is 9.79 Å². The van der Waals surface area contributed by atoms with Gasteiger partial charge in [0.05, 0.1) is 6.54 Å². The van der Waals surface area contributed by atoms with Gasteiger partial charge in [0.15, 0.2) is 17.2 Å². The van der Waals surface area contributed by atoms with Gasteiger partial charge in [-0.2, -0.15) is 0 Å². The third kappa shape index (κ3) is 7.10. The van der Waals surface area contributed by atoms with E-state index in [9.17, 15) is 24.0 Å². The van der Waals surface area contributed by atoms with Crippen LogP contribution in [0.1, 0.15) is 44.4 Å². The Hall–Kier alpha value is -4.80. The molecule has 1 amide bonds. The Morgan fingerprint density at radius 1 is 0.865 bits per heavy atom. The summed E-state index contributed by atoms with van der Waals surface area (Å²) in [7, 11) is 0. The minimum absolute atomic E-state index is 0.0000987. The summed E-state index contributed by atoms with van der Waals surface area (Å²) in [5.74, 6) is -2.59. The second-order valence-electron chi connectivity index (χ2n) is 8.01. The molecule has 0 saturated heterocycles. The number of nitrogens with zero attached hydrogens (tertiary/aromatic N) is 2. The normalized spacial score (nSPS) is 13.5. The van der Waals surface area contributed by atoms with Crippen LogP contribution in [0.25, 0.3) is 0 Å². The Labute approximate surface area is 212 Å². The molecule has 0 bridgehead atoms. The predicted molar refractivity (Wildman–Crippen MR) is 128 cm³/mol. The van der Waals surface area contributed by atoms with Gasteiger partial charge in [0.2, 0.25) is 11.8 Å². The average molecular weight is 508 g/mol. The molecule has 1 aliphatic rings. The second-order valence-corrected chi connectivity index (χ2v) is 8.01. The molecular formula is C26H24N2O9. The molecule has 11 nitrogen and oxygen atoms in total. The molecule has 2 aromatic rings. The zero-order chi connectivity index (χ0) is 27.3. The van der Waals surface area contributed by atoms with Crippen molar-refractivity contribution in [2.24, 2.45) is 4.99 Å². The molecule has 1 heterocycles. The van der Waals surface area contributed by atoms with E-state index in [1.54, 1.807) is 25.1 Å². The lowest BCUT2D eigenvalue weighted by Crippen LogP contribution is -2.23. The molecular weight excluding hydrogens is 484 g/mol. The molecule has 0 atom stereocenters. The minimum Gasteiger partial charge on any atom is -0.426 e. The van der Waals surface area contributed by atoms with E-state index < -0.39 is 29.8 Å². The predicted octanol–water partition coefficient (Wildman–Crippen LogP) is 2.96. The van der Waals surface area contributed by atoms with Crippen molar-refractivity contribution >= 4 is 35.7 Å². The SMILES string of the molecule is CC(=O)Oc1cc(C2=N/C(=C/N(Cc3ccc(OC(C)=O)c(OC(C)=O)c3)C(C)=O)C(=O)O2)ccc1C. The first kappa shape index (κ1) is 26.8. The Balaban J connectivity index is 1.89. The number of rotatable bonds is 7. The van der Waals surface area contributed by atoms with E-state index in [2.05, 4.69) is 4.99 Å². The quantitative estimate of drug-likeness (QED) is 0.314. The van der Waals surface area contributed by atoms with Crippen molar-refractivity contribution in [2.75, 3.05) is 0 Å². The highest BCUT2D eigenvalue weighted by molar-refractivity contribution is 6.11. The fourth-order valence-corrected chi connectivity index (χ4v) is 3.24. The van der Waals surface area contributed by atoms with Crippen LogP contribution in [0.15, 0.2) is 53.3 Å². The third-order valence-corrected chi connectivity index (χ3v) is 4.86. The first-order valence-electron chi connectivity index (χ1n) is 11.0. The molecule has 0 spiro atoms. The molecule has 2 aromatic carbocycles. The number of carbonyl (C=O) groups excluding carboxylic acids is 5. The highest BCUT2D eigenvalue weighted by Crippen LogP contribution is 2.30. The lowest BCUT2D eigenvalue weighted by atomic mass is 10.1. The van der Waals surface area contributed by atoms with Gasteiger partial charge in [-0.3, -0.25) is 19.2 Å². The number of aryl methyl sites for hydroxylation is 1. The van der Waals surface area contributed by atoms with E-state index in [1.807, 2.05) is 0 Å². The maximum absolute atomic E-state index is 12.5.